The molecule has 2 aliphatic heterocycles. The number of piperidine rings is 1. The van der Waals surface area contributed by atoms with Crippen LogP contribution in [0.15, 0.2) is 66.7 Å². The topological polar surface area (TPSA) is 40.2 Å². The zero-order valence-corrected chi connectivity index (χ0v) is 22.2. The summed E-state index contributed by atoms with van der Waals surface area (Å²) in [5.41, 5.74) is 2.81. The average Bonchev–Trinajstić information content (AvgIpc) is 3.46. The molecule has 3 aromatic carbocycles. The van der Waals surface area contributed by atoms with Crippen LogP contribution in [0.25, 0.3) is 0 Å². The lowest BCUT2D eigenvalue weighted by Crippen LogP contribution is -2.49. The van der Waals surface area contributed by atoms with Gasteiger partial charge in [0.25, 0.3) is 0 Å². The molecule has 1 saturated heterocycles. The smallest absolute Gasteiger partial charge is 0.231 e. The van der Waals surface area contributed by atoms with Crippen LogP contribution in [-0.2, 0) is 6.42 Å². The molecule has 3 aliphatic rings. The van der Waals surface area contributed by atoms with Gasteiger partial charge in [-0.25, -0.2) is 4.39 Å². The minimum Gasteiger partial charge on any atom is -0.497 e. The average molecular weight is 518 g/mol. The minimum absolute atomic E-state index is 0.191. The lowest BCUT2D eigenvalue weighted by Gasteiger charge is -2.43. The van der Waals surface area contributed by atoms with Crippen molar-refractivity contribution >= 4 is 0 Å². The largest absolute Gasteiger partial charge is 0.497 e. The van der Waals surface area contributed by atoms with Gasteiger partial charge in [-0.3, -0.25) is 4.90 Å². The molecule has 2 fully saturated rings. The van der Waals surface area contributed by atoms with Crippen LogP contribution in [0.4, 0.5) is 4.39 Å². The number of fused-ring (bicyclic) bond motifs is 1. The highest BCUT2D eigenvalue weighted by molar-refractivity contribution is 5.46. The maximum absolute atomic E-state index is 13.7. The fourth-order valence-corrected chi connectivity index (χ4v) is 6.64. The van der Waals surface area contributed by atoms with Crippen molar-refractivity contribution in [2.75, 3.05) is 33.6 Å². The van der Waals surface area contributed by atoms with Crippen molar-refractivity contribution in [3.05, 3.63) is 83.7 Å². The number of likely N-dealkylation sites (tertiary alicyclic amines) is 1. The summed E-state index contributed by atoms with van der Waals surface area (Å²) in [7, 11) is 1.71. The van der Waals surface area contributed by atoms with Crippen molar-refractivity contribution < 1.29 is 23.3 Å². The summed E-state index contributed by atoms with van der Waals surface area (Å²) in [5.74, 6) is 4.26. The molecule has 0 radical (unpaired) electrons. The molecule has 6 rings (SSSR count). The van der Waals surface area contributed by atoms with Gasteiger partial charge in [0, 0.05) is 24.1 Å². The van der Waals surface area contributed by atoms with Crippen molar-refractivity contribution in [3.8, 4) is 23.0 Å². The van der Waals surface area contributed by atoms with Crippen molar-refractivity contribution in [2.24, 2.45) is 11.8 Å². The quantitative estimate of drug-likeness (QED) is 0.326. The summed E-state index contributed by atoms with van der Waals surface area (Å²) in [6, 6.07) is 21.3. The first-order valence-electron chi connectivity index (χ1n) is 13.7. The van der Waals surface area contributed by atoms with Gasteiger partial charge in [0.1, 0.15) is 17.3 Å². The molecule has 4 atom stereocenters. The van der Waals surface area contributed by atoms with Crippen LogP contribution in [0.3, 0.4) is 0 Å². The normalized spacial score (nSPS) is 26.2. The van der Waals surface area contributed by atoms with Crippen LogP contribution >= 0.6 is 0 Å². The molecule has 0 N–H and O–H groups in total. The zero-order chi connectivity index (χ0) is 26.1. The summed E-state index contributed by atoms with van der Waals surface area (Å²) >= 11 is 0. The Hall–Kier alpha value is -3.25. The lowest BCUT2D eigenvalue weighted by atomic mass is 9.80. The van der Waals surface area contributed by atoms with Crippen LogP contribution in [0.5, 0.6) is 23.0 Å². The molecule has 0 amide bonds. The highest BCUT2D eigenvalue weighted by Crippen LogP contribution is 2.54. The number of rotatable bonds is 9. The van der Waals surface area contributed by atoms with Gasteiger partial charge in [-0.05, 0) is 91.6 Å². The van der Waals surface area contributed by atoms with Crippen molar-refractivity contribution in [1.29, 1.82) is 0 Å². The summed E-state index contributed by atoms with van der Waals surface area (Å²) in [5, 5.41) is 0. The minimum atomic E-state index is -0.191. The maximum atomic E-state index is 13.7. The molecule has 0 bridgehead atoms. The monoisotopic (exact) mass is 517 g/mol. The molecule has 2 heterocycles. The predicted octanol–water partition coefficient (Wildman–Crippen LogP) is 6.46. The Morgan fingerprint density at radius 3 is 2.50 bits per heavy atom. The third kappa shape index (κ3) is 4.94. The predicted molar refractivity (Wildman–Crippen MR) is 145 cm³/mol. The number of methoxy groups -OCH3 is 1. The molecule has 1 aliphatic carbocycles. The van der Waals surface area contributed by atoms with Crippen LogP contribution < -0.4 is 18.9 Å². The Morgan fingerprint density at radius 2 is 1.74 bits per heavy atom. The van der Waals surface area contributed by atoms with Crippen LogP contribution in [0.2, 0.25) is 0 Å². The van der Waals surface area contributed by atoms with E-state index in [1.54, 1.807) is 19.2 Å². The first-order valence-corrected chi connectivity index (χ1v) is 13.7. The van der Waals surface area contributed by atoms with Crippen molar-refractivity contribution in [2.45, 2.75) is 44.1 Å². The maximum Gasteiger partial charge on any atom is 0.231 e. The van der Waals surface area contributed by atoms with E-state index >= 15 is 0 Å². The van der Waals surface area contributed by atoms with Crippen LogP contribution in [-0.4, -0.2) is 44.0 Å². The van der Waals surface area contributed by atoms with Gasteiger partial charge >= 0.3 is 0 Å². The van der Waals surface area contributed by atoms with Gasteiger partial charge in [-0.2, -0.15) is 0 Å². The Morgan fingerprint density at radius 1 is 0.974 bits per heavy atom. The molecular weight excluding hydrogens is 481 g/mol. The van der Waals surface area contributed by atoms with E-state index in [-0.39, 0.29) is 18.1 Å². The SMILES string of the molecule is CC[C@]1(N2CC[C@@H](c3ccc(F)cc3)[C@H](COc3ccc4c(c3)OCO4)C2)C[C@H]1Cc1ccc(OC)cc1. The van der Waals surface area contributed by atoms with E-state index in [1.807, 2.05) is 30.3 Å². The Labute approximate surface area is 224 Å². The molecule has 3 aromatic rings. The highest BCUT2D eigenvalue weighted by atomic mass is 19.1. The molecule has 6 heteroatoms. The Balaban J connectivity index is 1.18. The third-order valence-corrected chi connectivity index (χ3v) is 8.92. The van der Waals surface area contributed by atoms with Gasteiger partial charge in [0.2, 0.25) is 6.79 Å². The first kappa shape index (κ1) is 25.1. The summed E-state index contributed by atoms with van der Waals surface area (Å²) < 4.78 is 36.4. The second-order valence-corrected chi connectivity index (χ2v) is 10.9. The lowest BCUT2D eigenvalue weighted by molar-refractivity contribution is 0.0593. The fourth-order valence-electron chi connectivity index (χ4n) is 6.64. The van der Waals surface area contributed by atoms with Crippen LogP contribution in [0.1, 0.15) is 43.2 Å². The Kier molecular flexibility index (Phi) is 6.91. The molecule has 0 unspecified atom stereocenters. The zero-order valence-electron chi connectivity index (χ0n) is 22.2. The summed E-state index contributed by atoms with van der Waals surface area (Å²) in [6.07, 6.45) is 4.50. The number of halogens is 1. The van der Waals surface area contributed by atoms with E-state index in [4.69, 9.17) is 18.9 Å². The van der Waals surface area contributed by atoms with Gasteiger partial charge in [-0.1, -0.05) is 31.2 Å². The molecule has 200 valence electrons. The second-order valence-electron chi connectivity index (χ2n) is 10.9. The first-order chi connectivity index (χ1) is 18.6. The fraction of sp³-hybridized carbons (Fsp3) is 0.438. The molecule has 1 saturated carbocycles. The van der Waals surface area contributed by atoms with Gasteiger partial charge in [0.15, 0.2) is 11.5 Å². The molecule has 0 spiro atoms. The van der Waals surface area contributed by atoms with Gasteiger partial charge in [0.05, 0.1) is 13.7 Å². The van der Waals surface area contributed by atoms with E-state index in [9.17, 15) is 4.39 Å². The highest BCUT2D eigenvalue weighted by Gasteiger charge is 2.57. The second kappa shape index (κ2) is 10.5. The molecular formula is C32H36FNO4. The molecule has 0 aromatic heterocycles. The van der Waals surface area contributed by atoms with E-state index in [2.05, 4.69) is 36.1 Å². The number of nitrogens with zero attached hydrogens (tertiary/aromatic N) is 1. The summed E-state index contributed by atoms with van der Waals surface area (Å²) in [4.78, 5) is 2.73. The van der Waals surface area contributed by atoms with Crippen LogP contribution in [0, 0.1) is 17.7 Å². The molecule has 5 nitrogen and oxygen atoms in total. The van der Waals surface area contributed by atoms with Gasteiger partial charge in [-0.15, -0.1) is 0 Å². The molecule has 38 heavy (non-hydrogen) atoms. The van der Waals surface area contributed by atoms with Crippen molar-refractivity contribution in [3.63, 3.8) is 0 Å². The Bertz CT molecular complexity index is 1250. The van der Waals surface area contributed by atoms with Crippen molar-refractivity contribution in [1.82, 2.24) is 4.90 Å². The van der Waals surface area contributed by atoms with E-state index in [0.29, 0.717) is 24.4 Å². The number of benzene rings is 3. The summed E-state index contributed by atoms with van der Waals surface area (Å²) in [6.45, 7) is 5.20. The number of hydrogen-bond donors (Lipinski definition) is 0. The standard InChI is InChI=1S/C32H36FNO4/c1-3-32(18-25(32)16-22-4-10-27(35-2)11-5-22)34-15-14-29(23-6-8-26(33)9-7-23)24(19-34)20-36-28-12-13-30-31(17-28)38-21-37-30/h4-13,17,24-25,29H,3,14-16,18-21H2,1-2H3/t24-,25+,29-,32-/m0/s1. The third-order valence-electron chi connectivity index (χ3n) is 8.92. The van der Waals surface area contributed by atoms with Gasteiger partial charge < -0.3 is 18.9 Å². The number of ether oxygens (including phenoxy) is 4. The van der Waals surface area contributed by atoms with E-state index < -0.39 is 0 Å². The van der Waals surface area contributed by atoms with E-state index in [1.165, 1.54) is 17.5 Å². The van der Waals surface area contributed by atoms with E-state index in [0.717, 1.165) is 55.4 Å². The number of hydrogen-bond acceptors (Lipinski definition) is 5.